The Morgan fingerprint density at radius 2 is 2.18 bits per heavy atom. The van der Waals surface area contributed by atoms with Crippen LogP contribution in [0.15, 0.2) is 18.2 Å². The quantitative estimate of drug-likeness (QED) is 0.792. The summed E-state index contributed by atoms with van der Waals surface area (Å²) in [5, 5.41) is 19.3. The van der Waals surface area contributed by atoms with Crippen molar-refractivity contribution in [3.05, 3.63) is 34.9 Å². The molecule has 17 heavy (non-hydrogen) atoms. The first-order valence-corrected chi connectivity index (χ1v) is 6.90. The SMILES string of the molecule is O=C(O)C(O)c1cc(CCCBr)ccc1CCl. The first-order valence-electron chi connectivity index (χ1n) is 5.24. The Balaban J connectivity index is 3.01. The summed E-state index contributed by atoms with van der Waals surface area (Å²) < 4.78 is 0. The summed E-state index contributed by atoms with van der Waals surface area (Å²) in [6.45, 7) is 0. The van der Waals surface area contributed by atoms with Gasteiger partial charge in [-0.05, 0) is 29.5 Å². The molecule has 0 spiro atoms. The average molecular weight is 322 g/mol. The fraction of sp³-hybridized carbons (Fsp3) is 0.417. The van der Waals surface area contributed by atoms with E-state index in [0.717, 1.165) is 23.7 Å². The molecule has 1 atom stereocenters. The average Bonchev–Trinajstić information content (AvgIpc) is 2.34. The van der Waals surface area contributed by atoms with Gasteiger partial charge in [-0.25, -0.2) is 4.79 Å². The topological polar surface area (TPSA) is 57.5 Å². The van der Waals surface area contributed by atoms with Crippen molar-refractivity contribution in [3.8, 4) is 0 Å². The van der Waals surface area contributed by atoms with Crippen molar-refractivity contribution in [3.63, 3.8) is 0 Å². The third-order valence-corrected chi connectivity index (χ3v) is 3.33. The molecule has 0 aliphatic heterocycles. The Morgan fingerprint density at radius 1 is 1.47 bits per heavy atom. The van der Waals surface area contributed by atoms with Crippen LogP contribution in [0.2, 0.25) is 0 Å². The Hall–Kier alpha value is -0.580. The van der Waals surface area contributed by atoms with E-state index in [1.807, 2.05) is 6.07 Å². The van der Waals surface area contributed by atoms with Gasteiger partial charge >= 0.3 is 5.97 Å². The predicted molar refractivity (Wildman–Crippen MR) is 70.7 cm³/mol. The van der Waals surface area contributed by atoms with Gasteiger partial charge in [0.1, 0.15) is 0 Å². The number of aryl methyl sites for hydroxylation is 1. The van der Waals surface area contributed by atoms with E-state index in [1.54, 1.807) is 12.1 Å². The van der Waals surface area contributed by atoms with E-state index in [4.69, 9.17) is 16.7 Å². The molecule has 1 rings (SSSR count). The zero-order chi connectivity index (χ0) is 12.8. The molecule has 0 aliphatic rings. The number of aliphatic hydroxyl groups is 1. The molecule has 94 valence electrons. The van der Waals surface area contributed by atoms with Crippen LogP contribution in [-0.4, -0.2) is 21.5 Å². The molecule has 5 heteroatoms. The number of halogens is 2. The number of hydrogen-bond donors (Lipinski definition) is 2. The van der Waals surface area contributed by atoms with Crippen LogP contribution < -0.4 is 0 Å². The van der Waals surface area contributed by atoms with Crippen molar-refractivity contribution in [2.24, 2.45) is 0 Å². The lowest BCUT2D eigenvalue weighted by molar-refractivity contribution is -0.147. The largest absolute Gasteiger partial charge is 0.479 e. The van der Waals surface area contributed by atoms with E-state index in [9.17, 15) is 9.90 Å². The van der Waals surface area contributed by atoms with Crippen molar-refractivity contribution in [1.29, 1.82) is 0 Å². The van der Waals surface area contributed by atoms with Crippen molar-refractivity contribution >= 4 is 33.5 Å². The molecule has 0 saturated carbocycles. The van der Waals surface area contributed by atoms with Gasteiger partial charge < -0.3 is 10.2 Å². The standard InChI is InChI=1S/C12H14BrClO3/c13-5-1-2-8-3-4-9(7-14)10(6-8)11(15)12(16)17/h3-4,6,11,15H,1-2,5,7H2,(H,16,17). The molecule has 0 aromatic heterocycles. The number of carbonyl (C=O) groups is 1. The van der Waals surface area contributed by atoms with Gasteiger partial charge in [0.2, 0.25) is 0 Å². The highest BCUT2D eigenvalue weighted by Gasteiger charge is 2.19. The molecule has 0 radical (unpaired) electrons. The van der Waals surface area contributed by atoms with Gasteiger partial charge in [-0.1, -0.05) is 34.1 Å². The molecular formula is C12H14BrClO3. The van der Waals surface area contributed by atoms with Gasteiger partial charge in [0.25, 0.3) is 0 Å². The van der Waals surface area contributed by atoms with Crippen LogP contribution in [-0.2, 0) is 17.1 Å². The Bertz CT molecular complexity index is 395. The van der Waals surface area contributed by atoms with Crippen LogP contribution in [0.1, 0.15) is 29.2 Å². The minimum atomic E-state index is -1.51. The molecule has 0 amide bonds. The smallest absolute Gasteiger partial charge is 0.337 e. The van der Waals surface area contributed by atoms with Crippen molar-refractivity contribution in [2.75, 3.05) is 5.33 Å². The number of carboxylic acid groups (broad SMARTS) is 1. The number of aliphatic hydroxyl groups excluding tert-OH is 1. The summed E-state index contributed by atoms with van der Waals surface area (Å²) in [6, 6.07) is 5.41. The van der Waals surface area contributed by atoms with Gasteiger partial charge in [-0.3, -0.25) is 0 Å². The van der Waals surface area contributed by atoms with Crippen molar-refractivity contribution in [1.82, 2.24) is 0 Å². The summed E-state index contributed by atoms with van der Waals surface area (Å²) >= 11 is 9.07. The summed E-state index contributed by atoms with van der Waals surface area (Å²) in [5.41, 5.74) is 2.05. The lowest BCUT2D eigenvalue weighted by atomic mass is 9.98. The van der Waals surface area contributed by atoms with E-state index in [0.29, 0.717) is 11.1 Å². The van der Waals surface area contributed by atoms with E-state index < -0.39 is 12.1 Å². The van der Waals surface area contributed by atoms with E-state index >= 15 is 0 Å². The Labute approximate surface area is 114 Å². The monoisotopic (exact) mass is 320 g/mol. The maximum absolute atomic E-state index is 10.8. The van der Waals surface area contributed by atoms with Crippen LogP contribution in [0.4, 0.5) is 0 Å². The van der Waals surface area contributed by atoms with E-state index in [1.165, 1.54) is 0 Å². The second-order valence-electron chi connectivity index (χ2n) is 3.70. The molecule has 0 heterocycles. The van der Waals surface area contributed by atoms with Crippen LogP contribution >= 0.6 is 27.5 Å². The first kappa shape index (κ1) is 14.5. The fourth-order valence-corrected chi connectivity index (χ4v) is 2.10. The third-order valence-electron chi connectivity index (χ3n) is 2.48. The Morgan fingerprint density at radius 3 is 2.71 bits per heavy atom. The minimum Gasteiger partial charge on any atom is -0.479 e. The maximum Gasteiger partial charge on any atom is 0.337 e. The summed E-state index contributed by atoms with van der Waals surface area (Å²) in [5.74, 6) is -1.06. The van der Waals surface area contributed by atoms with E-state index in [2.05, 4.69) is 15.9 Å². The van der Waals surface area contributed by atoms with Gasteiger partial charge in [0, 0.05) is 11.2 Å². The zero-order valence-electron chi connectivity index (χ0n) is 9.20. The van der Waals surface area contributed by atoms with Crippen molar-refractivity contribution < 1.29 is 15.0 Å². The number of carboxylic acids is 1. The second-order valence-corrected chi connectivity index (χ2v) is 4.76. The number of aliphatic carboxylic acids is 1. The summed E-state index contributed by atoms with van der Waals surface area (Å²) in [6.07, 6.45) is 0.295. The molecule has 0 bridgehead atoms. The Kier molecular flexibility index (Phi) is 5.95. The van der Waals surface area contributed by atoms with Crippen LogP contribution in [0.5, 0.6) is 0 Å². The highest BCUT2D eigenvalue weighted by molar-refractivity contribution is 9.09. The molecule has 3 nitrogen and oxygen atoms in total. The lowest BCUT2D eigenvalue weighted by Gasteiger charge is -2.12. The molecular weight excluding hydrogens is 307 g/mol. The molecule has 0 aliphatic carbocycles. The molecule has 1 aromatic rings. The zero-order valence-corrected chi connectivity index (χ0v) is 11.5. The predicted octanol–water partition coefficient (Wildman–Crippen LogP) is 2.87. The van der Waals surface area contributed by atoms with E-state index in [-0.39, 0.29) is 5.88 Å². The third kappa shape index (κ3) is 3.98. The molecule has 1 unspecified atom stereocenters. The highest BCUT2D eigenvalue weighted by atomic mass is 79.9. The fourth-order valence-electron chi connectivity index (χ4n) is 1.58. The number of benzene rings is 1. The van der Waals surface area contributed by atoms with Crippen LogP contribution in [0.25, 0.3) is 0 Å². The second kappa shape index (κ2) is 6.99. The minimum absolute atomic E-state index is 0.193. The normalized spacial score (nSPS) is 12.4. The lowest BCUT2D eigenvalue weighted by Crippen LogP contribution is -2.13. The molecule has 2 N–H and O–H groups in total. The van der Waals surface area contributed by atoms with Gasteiger partial charge in [-0.15, -0.1) is 11.6 Å². The maximum atomic E-state index is 10.8. The first-order chi connectivity index (χ1) is 8.10. The van der Waals surface area contributed by atoms with Crippen molar-refractivity contribution in [2.45, 2.75) is 24.8 Å². The highest BCUT2D eigenvalue weighted by Crippen LogP contribution is 2.22. The number of alkyl halides is 2. The molecule has 0 saturated heterocycles. The molecule has 0 fully saturated rings. The van der Waals surface area contributed by atoms with Gasteiger partial charge in [0.05, 0.1) is 0 Å². The summed E-state index contributed by atoms with van der Waals surface area (Å²) in [4.78, 5) is 10.8. The van der Waals surface area contributed by atoms with Crippen LogP contribution in [0, 0.1) is 0 Å². The van der Waals surface area contributed by atoms with Crippen LogP contribution in [0.3, 0.4) is 0 Å². The number of hydrogen-bond acceptors (Lipinski definition) is 2. The van der Waals surface area contributed by atoms with Gasteiger partial charge in [-0.2, -0.15) is 0 Å². The summed E-state index contributed by atoms with van der Waals surface area (Å²) in [7, 11) is 0. The number of rotatable bonds is 6. The molecule has 1 aromatic carbocycles. The van der Waals surface area contributed by atoms with Gasteiger partial charge in [0.15, 0.2) is 6.10 Å².